The maximum atomic E-state index is 9.58. The first-order valence-electron chi connectivity index (χ1n) is 6.52. The quantitative estimate of drug-likeness (QED) is 0.748. The van der Waals surface area contributed by atoms with E-state index in [9.17, 15) is 5.11 Å². The van der Waals surface area contributed by atoms with Crippen molar-refractivity contribution in [2.24, 2.45) is 0 Å². The third-order valence-corrected chi connectivity index (χ3v) is 2.56. The molecule has 0 radical (unpaired) electrons. The Morgan fingerprint density at radius 1 is 1.17 bits per heavy atom. The van der Waals surface area contributed by atoms with E-state index in [4.69, 9.17) is 9.47 Å². The van der Waals surface area contributed by atoms with Crippen LogP contribution in [0.4, 0.5) is 5.69 Å². The lowest BCUT2D eigenvalue weighted by Gasteiger charge is -2.16. The highest BCUT2D eigenvalue weighted by atomic mass is 16.5. The summed E-state index contributed by atoms with van der Waals surface area (Å²) in [4.78, 5) is 0. The lowest BCUT2D eigenvalue weighted by atomic mass is 10.2. The van der Waals surface area contributed by atoms with E-state index >= 15 is 0 Å². The van der Waals surface area contributed by atoms with Crippen LogP contribution in [0.25, 0.3) is 0 Å². The number of hydrogen-bond donors (Lipinski definition) is 2. The highest BCUT2D eigenvalue weighted by Crippen LogP contribution is 2.29. The number of anilines is 1. The molecule has 4 nitrogen and oxygen atoms in total. The molecule has 2 N–H and O–H groups in total. The molecule has 0 bridgehead atoms. The predicted octanol–water partition coefficient (Wildman–Crippen LogP) is 2.67. The van der Waals surface area contributed by atoms with Crippen molar-refractivity contribution in [3.63, 3.8) is 0 Å². The molecule has 0 fully saturated rings. The van der Waals surface area contributed by atoms with Crippen LogP contribution in [0.3, 0.4) is 0 Å². The molecule has 0 saturated carbocycles. The predicted molar refractivity (Wildman–Crippen MR) is 73.6 cm³/mol. The Morgan fingerprint density at radius 2 is 1.89 bits per heavy atom. The van der Waals surface area contributed by atoms with Gasteiger partial charge in [-0.2, -0.15) is 0 Å². The number of aliphatic hydroxyl groups is 1. The highest BCUT2D eigenvalue weighted by molar-refractivity contribution is 5.59. The van der Waals surface area contributed by atoms with Gasteiger partial charge >= 0.3 is 0 Å². The number of aliphatic hydroxyl groups excluding tert-OH is 1. The Kier molecular flexibility index (Phi) is 6.36. The number of nitrogens with one attached hydrogen (secondary N) is 1. The first-order chi connectivity index (χ1) is 8.71. The second-order valence-electron chi connectivity index (χ2n) is 3.97. The van der Waals surface area contributed by atoms with E-state index in [0.717, 1.165) is 23.6 Å². The summed E-state index contributed by atoms with van der Waals surface area (Å²) in [7, 11) is 0. The second-order valence-corrected chi connectivity index (χ2v) is 3.97. The molecule has 0 aliphatic carbocycles. The molecule has 0 aromatic heterocycles. The molecular weight excluding hydrogens is 230 g/mol. The molecule has 1 unspecified atom stereocenters. The fourth-order valence-electron chi connectivity index (χ4n) is 1.56. The van der Waals surface area contributed by atoms with Gasteiger partial charge in [-0.25, -0.2) is 0 Å². The van der Waals surface area contributed by atoms with Gasteiger partial charge in [-0.05, 0) is 32.4 Å². The molecule has 0 aliphatic heterocycles. The van der Waals surface area contributed by atoms with Crippen molar-refractivity contribution in [1.82, 2.24) is 0 Å². The van der Waals surface area contributed by atoms with E-state index in [1.807, 2.05) is 39.0 Å². The average molecular weight is 253 g/mol. The molecule has 18 heavy (non-hydrogen) atoms. The summed E-state index contributed by atoms with van der Waals surface area (Å²) >= 11 is 0. The van der Waals surface area contributed by atoms with E-state index < -0.39 is 0 Å². The van der Waals surface area contributed by atoms with Crippen LogP contribution < -0.4 is 14.8 Å². The summed E-state index contributed by atoms with van der Waals surface area (Å²) < 4.78 is 11.0. The van der Waals surface area contributed by atoms with Gasteiger partial charge in [0.1, 0.15) is 11.5 Å². The third kappa shape index (κ3) is 4.45. The first-order valence-corrected chi connectivity index (χ1v) is 6.52. The number of hydrogen-bond acceptors (Lipinski definition) is 4. The summed E-state index contributed by atoms with van der Waals surface area (Å²) in [6, 6.07) is 5.67. The monoisotopic (exact) mass is 253 g/mol. The van der Waals surface area contributed by atoms with Crippen molar-refractivity contribution in [2.75, 3.05) is 25.1 Å². The van der Waals surface area contributed by atoms with E-state index in [2.05, 4.69) is 5.32 Å². The average Bonchev–Trinajstić information content (AvgIpc) is 2.39. The Balaban J connectivity index is 2.78. The van der Waals surface area contributed by atoms with Crippen LogP contribution in [-0.4, -0.2) is 31.0 Å². The van der Waals surface area contributed by atoms with Crippen LogP contribution in [0.2, 0.25) is 0 Å². The lowest BCUT2D eigenvalue weighted by Crippen LogP contribution is -2.18. The number of benzene rings is 1. The maximum Gasteiger partial charge on any atom is 0.142 e. The van der Waals surface area contributed by atoms with Crippen molar-refractivity contribution in [3.05, 3.63) is 18.2 Å². The zero-order valence-electron chi connectivity index (χ0n) is 11.4. The molecule has 1 atom stereocenters. The topological polar surface area (TPSA) is 50.7 Å². The highest BCUT2D eigenvalue weighted by Gasteiger charge is 2.07. The number of rotatable bonds is 8. The Hall–Kier alpha value is -1.42. The van der Waals surface area contributed by atoms with Crippen LogP contribution in [0, 0.1) is 0 Å². The summed E-state index contributed by atoms with van der Waals surface area (Å²) in [6.45, 7) is 7.59. The van der Waals surface area contributed by atoms with Crippen LogP contribution in [0.1, 0.15) is 27.2 Å². The Morgan fingerprint density at radius 3 is 2.50 bits per heavy atom. The van der Waals surface area contributed by atoms with E-state index in [1.165, 1.54) is 0 Å². The third-order valence-electron chi connectivity index (χ3n) is 2.56. The van der Waals surface area contributed by atoms with E-state index in [0.29, 0.717) is 19.8 Å². The van der Waals surface area contributed by atoms with Gasteiger partial charge in [0.05, 0.1) is 25.0 Å². The summed E-state index contributed by atoms with van der Waals surface area (Å²) in [5, 5.41) is 12.8. The van der Waals surface area contributed by atoms with Crippen LogP contribution in [0.15, 0.2) is 18.2 Å². The molecule has 102 valence electrons. The molecule has 1 aromatic carbocycles. The first kappa shape index (κ1) is 14.6. The van der Waals surface area contributed by atoms with Gasteiger partial charge in [0, 0.05) is 12.6 Å². The number of ether oxygens (including phenoxy) is 2. The minimum absolute atomic E-state index is 0.352. The van der Waals surface area contributed by atoms with Gasteiger partial charge < -0.3 is 19.9 Å². The second kappa shape index (κ2) is 7.82. The van der Waals surface area contributed by atoms with Gasteiger partial charge in [0.2, 0.25) is 0 Å². The molecule has 0 amide bonds. The zero-order valence-corrected chi connectivity index (χ0v) is 11.4. The summed E-state index contributed by atoms with van der Waals surface area (Å²) in [6.07, 6.45) is 0.373. The van der Waals surface area contributed by atoms with Gasteiger partial charge in [-0.3, -0.25) is 0 Å². The molecule has 0 aliphatic rings. The molecule has 4 heteroatoms. The SMILES string of the molecule is CCOc1ccc(OCC)c(NCC(O)CC)c1. The molecule has 0 spiro atoms. The molecule has 1 aromatic rings. The van der Waals surface area contributed by atoms with Gasteiger partial charge in [0.15, 0.2) is 0 Å². The molecule has 0 heterocycles. The van der Waals surface area contributed by atoms with Gasteiger partial charge in [0.25, 0.3) is 0 Å². The minimum Gasteiger partial charge on any atom is -0.494 e. The molecular formula is C14H23NO3. The van der Waals surface area contributed by atoms with E-state index in [1.54, 1.807) is 0 Å². The molecule has 1 rings (SSSR count). The van der Waals surface area contributed by atoms with Crippen molar-refractivity contribution in [3.8, 4) is 11.5 Å². The van der Waals surface area contributed by atoms with Crippen LogP contribution >= 0.6 is 0 Å². The largest absolute Gasteiger partial charge is 0.494 e. The van der Waals surface area contributed by atoms with Crippen molar-refractivity contribution in [1.29, 1.82) is 0 Å². The van der Waals surface area contributed by atoms with Crippen molar-refractivity contribution in [2.45, 2.75) is 33.3 Å². The fourth-order valence-corrected chi connectivity index (χ4v) is 1.56. The standard InChI is InChI=1S/C14H23NO3/c1-4-11(16)10-15-13-9-12(17-5-2)7-8-14(13)18-6-3/h7-9,11,15-16H,4-6,10H2,1-3H3. The molecule has 0 saturated heterocycles. The van der Waals surface area contributed by atoms with Gasteiger partial charge in [-0.15, -0.1) is 0 Å². The zero-order chi connectivity index (χ0) is 13.4. The van der Waals surface area contributed by atoms with E-state index in [-0.39, 0.29) is 6.10 Å². The minimum atomic E-state index is -0.352. The van der Waals surface area contributed by atoms with Crippen LogP contribution in [-0.2, 0) is 0 Å². The fraction of sp³-hybridized carbons (Fsp3) is 0.571. The lowest BCUT2D eigenvalue weighted by molar-refractivity contribution is 0.183. The van der Waals surface area contributed by atoms with Crippen molar-refractivity contribution >= 4 is 5.69 Å². The Labute approximate surface area is 109 Å². The Bertz CT molecular complexity index is 355. The van der Waals surface area contributed by atoms with Gasteiger partial charge in [-0.1, -0.05) is 6.92 Å². The van der Waals surface area contributed by atoms with Crippen molar-refractivity contribution < 1.29 is 14.6 Å². The summed E-state index contributed by atoms with van der Waals surface area (Å²) in [5.41, 5.74) is 0.857. The normalized spacial score (nSPS) is 12.0. The summed E-state index contributed by atoms with van der Waals surface area (Å²) in [5.74, 6) is 1.58. The smallest absolute Gasteiger partial charge is 0.142 e. The van der Waals surface area contributed by atoms with Crippen LogP contribution in [0.5, 0.6) is 11.5 Å². The maximum absolute atomic E-state index is 9.58.